The number of nitrogens with zero attached hydrogens (tertiary/aromatic N) is 4. The fourth-order valence-corrected chi connectivity index (χ4v) is 3.49. The minimum absolute atomic E-state index is 0.0944. The van der Waals surface area contributed by atoms with Gasteiger partial charge in [0.1, 0.15) is 5.82 Å². The molecule has 2 amide bonds. The summed E-state index contributed by atoms with van der Waals surface area (Å²) in [6, 6.07) is 12.8. The van der Waals surface area contributed by atoms with Crippen LogP contribution in [0.4, 0.5) is 0 Å². The Hall–Kier alpha value is -3.55. The summed E-state index contributed by atoms with van der Waals surface area (Å²) in [7, 11) is 0. The molecule has 3 heterocycles. The van der Waals surface area contributed by atoms with Crippen molar-refractivity contribution in [2.75, 3.05) is 13.1 Å². The van der Waals surface area contributed by atoms with E-state index >= 15 is 0 Å². The second-order valence-electron chi connectivity index (χ2n) is 6.77. The monoisotopic (exact) mass is 376 g/mol. The molecule has 4 rings (SSSR count). The zero-order chi connectivity index (χ0) is 19.5. The molecule has 2 aromatic heterocycles. The van der Waals surface area contributed by atoms with Crippen molar-refractivity contribution in [3.8, 4) is 11.4 Å². The van der Waals surface area contributed by atoms with Gasteiger partial charge in [0.15, 0.2) is 5.82 Å². The zero-order valence-electron chi connectivity index (χ0n) is 15.4. The molecule has 0 unspecified atom stereocenters. The van der Waals surface area contributed by atoms with Crippen molar-refractivity contribution in [2.45, 2.75) is 18.9 Å². The van der Waals surface area contributed by atoms with Crippen molar-refractivity contribution in [1.82, 2.24) is 30.4 Å². The molecular formula is C20H20N6O2. The Morgan fingerprint density at radius 3 is 2.57 bits per heavy atom. The van der Waals surface area contributed by atoms with Crippen LogP contribution >= 0.6 is 0 Å². The standard InChI is InChI=1S/C20H20N6O2/c1-13(27)22-17-12-26(20(28)15-7-9-21-10-8-15)11-16(17)19-23-18(24-25-19)14-5-3-2-4-6-14/h2-10,16-17H,11-12H2,1H3,(H,22,27)(H,23,24,25)/t16-,17-/m1/s1. The van der Waals surface area contributed by atoms with Crippen molar-refractivity contribution in [1.29, 1.82) is 0 Å². The van der Waals surface area contributed by atoms with Crippen LogP contribution in [-0.4, -0.2) is 56.0 Å². The SMILES string of the molecule is CC(=O)N[C@@H]1CN(C(=O)c2ccncc2)C[C@H]1c1nc(-c2ccccc2)n[nH]1. The molecule has 0 radical (unpaired) electrons. The predicted octanol–water partition coefficient (Wildman–Crippen LogP) is 1.61. The summed E-state index contributed by atoms with van der Waals surface area (Å²) in [6.45, 7) is 2.32. The predicted molar refractivity (Wildman–Crippen MR) is 102 cm³/mol. The van der Waals surface area contributed by atoms with E-state index in [9.17, 15) is 9.59 Å². The number of aromatic nitrogens is 4. The second-order valence-corrected chi connectivity index (χ2v) is 6.77. The molecule has 1 fully saturated rings. The summed E-state index contributed by atoms with van der Waals surface area (Å²) in [4.78, 5) is 34.8. The van der Waals surface area contributed by atoms with Crippen LogP contribution in [-0.2, 0) is 4.79 Å². The van der Waals surface area contributed by atoms with Gasteiger partial charge in [-0.3, -0.25) is 19.7 Å². The van der Waals surface area contributed by atoms with Crippen LogP contribution in [0, 0.1) is 0 Å². The van der Waals surface area contributed by atoms with Gasteiger partial charge in [-0.25, -0.2) is 4.98 Å². The maximum absolute atomic E-state index is 12.8. The van der Waals surface area contributed by atoms with E-state index in [0.717, 1.165) is 5.56 Å². The Kier molecular flexibility index (Phi) is 4.84. The van der Waals surface area contributed by atoms with Crippen molar-refractivity contribution in [3.63, 3.8) is 0 Å². The Morgan fingerprint density at radius 1 is 1.11 bits per heavy atom. The maximum Gasteiger partial charge on any atom is 0.254 e. The van der Waals surface area contributed by atoms with Gasteiger partial charge in [-0.05, 0) is 12.1 Å². The lowest BCUT2D eigenvalue weighted by molar-refractivity contribution is -0.119. The minimum atomic E-state index is -0.236. The van der Waals surface area contributed by atoms with Gasteiger partial charge in [0.05, 0.1) is 12.0 Å². The lowest BCUT2D eigenvalue weighted by Crippen LogP contribution is -2.39. The topological polar surface area (TPSA) is 104 Å². The first-order valence-corrected chi connectivity index (χ1v) is 9.06. The summed E-state index contributed by atoms with van der Waals surface area (Å²) in [6.07, 6.45) is 3.18. The molecule has 142 valence electrons. The number of aromatic amines is 1. The summed E-state index contributed by atoms with van der Waals surface area (Å²) in [5.41, 5.74) is 1.48. The molecule has 1 aliphatic rings. The van der Waals surface area contributed by atoms with Gasteiger partial charge in [-0.1, -0.05) is 30.3 Å². The summed E-state index contributed by atoms with van der Waals surface area (Å²) < 4.78 is 0. The highest BCUT2D eigenvalue weighted by molar-refractivity contribution is 5.94. The van der Waals surface area contributed by atoms with Gasteiger partial charge in [0.25, 0.3) is 5.91 Å². The smallest absolute Gasteiger partial charge is 0.254 e. The first kappa shape index (κ1) is 17.8. The number of nitrogens with one attached hydrogen (secondary N) is 2. The summed E-state index contributed by atoms with van der Waals surface area (Å²) >= 11 is 0. The lowest BCUT2D eigenvalue weighted by atomic mass is 10.0. The third-order valence-corrected chi connectivity index (χ3v) is 4.81. The Morgan fingerprint density at radius 2 is 1.86 bits per heavy atom. The first-order valence-electron chi connectivity index (χ1n) is 9.06. The van der Waals surface area contributed by atoms with Crippen LogP contribution in [0.1, 0.15) is 29.0 Å². The van der Waals surface area contributed by atoms with E-state index in [0.29, 0.717) is 30.3 Å². The number of carbonyl (C=O) groups excluding carboxylic acids is 2. The molecule has 2 atom stereocenters. The highest BCUT2D eigenvalue weighted by Gasteiger charge is 2.39. The Bertz CT molecular complexity index is 973. The average molecular weight is 376 g/mol. The number of likely N-dealkylation sites (tertiary alicyclic amines) is 1. The third-order valence-electron chi connectivity index (χ3n) is 4.81. The summed E-state index contributed by atoms with van der Waals surface area (Å²) in [5.74, 6) is 0.845. The molecule has 0 aliphatic carbocycles. The first-order chi connectivity index (χ1) is 13.6. The zero-order valence-corrected chi connectivity index (χ0v) is 15.4. The molecule has 1 saturated heterocycles. The van der Waals surface area contributed by atoms with E-state index in [1.54, 1.807) is 29.4 Å². The number of hydrogen-bond donors (Lipinski definition) is 2. The lowest BCUT2D eigenvalue weighted by Gasteiger charge is -2.16. The number of carbonyl (C=O) groups is 2. The molecule has 2 N–H and O–H groups in total. The van der Waals surface area contributed by atoms with E-state index < -0.39 is 0 Å². The highest BCUT2D eigenvalue weighted by Crippen LogP contribution is 2.28. The molecule has 1 aromatic carbocycles. The number of benzene rings is 1. The van der Waals surface area contributed by atoms with E-state index in [1.807, 2.05) is 30.3 Å². The molecule has 8 heteroatoms. The van der Waals surface area contributed by atoms with Gasteiger partial charge >= 0.3 is 0 Å². The Balaban J connectivity index is 1.58. The van der Waals surface area contributed by atoms with Crippen LogP contribution < -0.4 is 5.32 Å². The number of amides is 2. The third kappa shape index (κ3) is 3.62. The van der Waals surface area contributed by atoms with Gasteiger partial charge in [-0.15, -0.1) is 0 Å². The number of rotatable bonds is 4. The Labute approximate surface area is 162 Å². The number of pyridine rings is 1. The molecule has 0 spiro atoms. The quantitative estimate of drug-likeness (QED) is 0.720. The average Bonchev–Trinajstić information content (AvgIpc) is 3.35. The minimum Gasteiger partial charge on any atom is -0.351 e. The molecule has 0 saturated carbocycles. The fourth-order valence-electron chi connectivity index (χ4n) is 3.49. The largest absolute Gasteiger partial charge is 0.351 e. The van der Waals surface area contributed by atoms with Crippen LogP contribution in [0.15, 0.2) is 54.9 Å². The van der Waals surface area contributed by atoms with Gasteiger partial charge < -0.3 is 10.2 Å². The summed E-state index contributed by atoms with van der Waals surface area (Å²) in [5, 5.41) is 10.2. The fraction of sp³-hybridized carbons (Fsp3) is 0.250. The van der Waals surface area contributed by atoms with Crippen molar-refractivity contribution < 1.29 is 9.59 Å². The van der Waals surface area contributed by atoms with Crippen LogP contribution in [0.2, 0.25) is 0 Å². The van der Waals surface area contributed by atoms with E-state index in [4.69, 9.17) is 0 Å². The molecule has 28 heavy (non-hydrogen) atoms. The van der Waals surface area contributed by atoms with Gasteiger partial charge in [0, 0.05) is 43.5 Å². The van der Waals surface area contributed by atoms with Crippen LogP contribution in [0.3, 0.4) is 0 Å². The number of hydrogen-bond acceptors (Lipinski definition) is 5. The molecule has 0 bridgehead atoms. The van der Waals surface area contributed by atoms with Crippen LogP contribution in [0.25, 0.3) is 11.4 Å². The van der Waals surface area contributed by atoms with E-state index in [1.165, 1.54) is 6.92 Å². The molecule has 3 aromatic rings. The van der Waals surface area contributed by atoms with Gasteiger partial charge in [0.2, 0.25) is 5.91 Å². The van der Waals surface area contributed by atoms with Gasteiger partial charge in [-0.2, -0.15) is 5.10 Å². The van der Waals surface area contributed by atoms with E-state index in [2.05, 4.69) is 25.5 Å². The molecule has 8 nitrogen and oxygen atoms in total. The molecular weight excluding hydrogens is 356 g/mol. The normalized spacial score (nSPS) is 18.8. The van der Waals surface area contributed by atoms with Crippen molar-refractivity contribution in [3.05, 3.63) is 66.2 Å². The van der Waals surface area contributed by atoms with Crippen LogP contribution in [0.5, 0.6) is 0 Å². The maximum atomic E-state index is 12.8. The van der Waals surface area contributed by atoms with Crippen molar-refractivity contribution >= 4 is 11.8 Å². The molecule has 1 aliphatic heterocycles. The van der Waals surface area contributed by atoms with Crippen molar-refractivity contribution in [2.24, 2.45) is 0 Å². The second kappa shape index (κ2) is 7.59. The number of H-pyrrole nitrogens is 1. The van der Waals surface area contributed by atoms with E-state index in [-0.39, 0.29) is 23.8 Å². The highest BCUT2D eigenvalue weighted by atomic mass is 16.2.